The Bertz CT molecular complexity index is 952. The van der Waals surface area contributed by atoms with Crippen LogP contribution in [0.3, 0.4) is 0 Å². The molecule has 2 aromatic carbocycles. The Morgan fingerprint density at radius 3 is 2.56 bits per heavy atom. The summed E-state index contributed by atoms with van der Waals surface area (Å²) in [5.74, 6) is 0.0943. The number of nitrogens with zero attached hydrogens (tertiary/aromatic N) is 2. The first kappa shape index (κ1) is 17.2. The summed E-state index contributed by atoms with van der Waals surface area (Å²) in [6.07, 6.45) is 0. The molecule has 1 aliphatic heterocycles. The predicted octanol–water partition coefficient (Wildman–Crippen LogP) is 1.69. The van der Waals surface area contributed by atoms with Crippen molar-refractivity contribution in [2.45, 2.75) is 18.4 Å². The average molecular weight is 357 g/mol. The molecule has 1 amide bonds. The molecule has 0 radical (unpaired) electrons. The fourth-order valence-corrected chi connectivity index (χ4v) is 3.96. The molecule has 0 saturated carbocycles. The van der Waals surface area contributed by atoms with E-state index in [-0.39, 0.29) is 17.3 Å². The van der Waals surface area contributed by atoms with Crippen molar-refractivity contribution in [2.75, 3.05) is 13.6 Å². The predicted molar refractivity (Wildman–Crippen MR) is 95.8 cm³/mol. The maximum atomic E-state index is 12.2. The molecule has 0 spiro atoms. The minimum absolute atomic E-state index is 0.0224. The highest BCUT2D eigenvalue weighted by Gasteiger charge is 2.30. The summed E-state index contributed by atoms with van der Waals surface area (Å²) in [6, 6.07) is 14.4. The topological polar surface area (TPSA) is 78.8 Å². The van der Waals surface area contributed by atoms with Crippen LogP contribution >= 0.6 is 0 Å². The first-order valence-corrected chi connectivity index (χ1v) is 9.29. The number of hydrogen-bond donors (Lipinski definition) is 1. The van der Waals surface area contributed by atoms with Crippen LogP contribution in [0.4, 0.5) is 0 Å². The Morgan fingerprint density at radius 1 is 1.12 bits per heavy atom. The third kappa shape index (κ3) is 3.56. The van der Waals surface area contributed by atoms with E-state index in [1.165, 1.54) is 6.07 Å². The van der Waals surface area contributed by atoms with Gasteiger partial charge < -0.3 is 10.2 Å². The number of nitrogens with one attached hydrogen (secondary N) is 1. The van der Waals surface area contributed by atoms with Gasteiger partial charge in [0.05, 0.1) is 6.54 Å². The van der Waals surface area contributed by atoms with E-state index < -0.39 is 10.0 Å². The van der Waals surface area contributed by atoms with Gasteiger partial charge in [-0.15, -0.1) is 4.40 Å². The second kappa shape index (κ2) is 6.68. The molecule has 25 heavy (non-hydrogen) atoms. The number of benzene rings is 2. The van der Waals surface area contributed by atoms with E-state index in [0.717, 1.165) is 11.1 Å². The van der Waals surface area contributed by atoms with Gasteiger partial charge in [-0.25, -0.2) is 0 Å². The van der Waals surface area contributed by atoms with Gasteiger partial charge in [-0.2, -0.15) is 8.42 Å². The molecule has 1 N–H and O–H groups in total. The summed E-state index contributed by atoms with van der Waals surface area (Å²) in [5.41, 5.74) is 2.68. The van der Waals surface area contributed by atoms with Crippen LogP contribution in [0.2, 0.25) is 0 Å². The zero-order valence-corrected chi connectivity index (χ0v) is 14.9. The summed E-state index contributed by atoms with van der Waals surface area (Å²) < 4.78 is 28.0. The number of carbonyl (C=O) groups is 1. The summed E-state index contributed by atoms with van der Waals surface area (Å²) in [5, 5.41) is 2.85. The van der Waals surface area contributed by atoms with Gasteiger partial charge in [0, 0.05) is 19.2 Å². The summed E-state index contributed by atoms with van der Waals surface area (Å²) in [6.45, 7) is 2.44. The van der Waals surface area contributed by atoms with E-state index in [9.17, 15) is 13.2 Å². The summed E-state index contributed by atoms with van der Waals surface area (Å²) >= 11 is 0. The number of amides is 1. The zero-order valence-electron chi connectivity index (χ0n) is 14.1. The number of hydrogen-bond acceptors (Lipinski definition) is 4. The standard InChI is InChI=1S/C18H19N3O3S/c1-13-7-3-4-8-14(13)11-19-17(22)12-21(2)18-15-9-5-6-10-16(15)25(23,24)20-18/h3-10H,11-12H2,1-2H3,(H,19,22). The lowest BCUT2D eigenvalue weighted by Gasteiger charge is -2.18. The van der Waals surface area contributed by atoms with Crippen LogP contribution in [0.25, 0.3) is 0 Å². The van der Waals surface area contributed by atoms with Gasteiger partial charge in [-0.05, 0) is 30.2 Å². The number of fused-ring (bicyclic) bond motifs is 1. The van der Waals surface area contributed by atoms with Crippen molar-refractivity contribution in [1.82, 2.24) is 10.2 Å². The van der Waals surface area contributed by atoms with Gasteiger partial charge in [0.2, 0.25) is 5.91 Å². The Morgan fingerprint density at radius 2 is 1.80 bits per heavy atom. The average Bonchev–Trinajstić information content (AvgIpc) is 2.86. The van der Waals surface area contributed by atoms with Crippen molar-refractivity contribution < 1.29 is 13.2 Å². The minimum atomic E-state index is -3.68. The lowest BCUT2D eigenvalue weighted by molar-refractivity contribution is -0.121. The van der Waals surface area contributed by atoms with Crippen molar-refractivity contribution >= 4 is 21.8 Å². The van der Waals surface area contributed by atoms with Crippen LogP contribution in [-0.2, 0) is 21.4 Å². The Balaban J connectivity index is 1.68. The molecule has 0 bridgehead atoms. The number of sulfonamides is 1. The molecule has 3 rings (SSSR count). The quantitative estimate of drug-likeness (QED) is 0.903. The van der Waals surface area contributed by atoms with Gasteiger partial charge in [0.25, 0.3) is 10.0 Å². The maximum Gasteiger partial charge on any atom is 0.285 e. The first-order valence-electron chi connectivity index (χ1n) is 7.85. The maximum absolute atomic E-state index is 12.2. The van der Waals surface area contributed by atoms with Crippen LogP contribution in [0.15, 0.2) is 57.8 Å². The van der Waals surface area contributed by atoms with E-state index in [2.05, 4.69) is 9.71 Å². The molecule has 0 aromatic heterocycles. The third-order valence-corrected chi connectivity index (χ3v) is 5.42. The van der Waals surface area contributed by atoms with E-state index in [1.54, 1.807) is 30.1 Å². The monoisotopic (exact) mass is 357 g/mol. The summed E-state index contributed by atoms with van der Waals surface area (Å²) in [4.78, 5) is 13.9. The third-order valence-electron chi connectivity index (χ3n) is 4.09. The number of carbonyl (C=O) groups excluding carboxylic acids is 1. The Kier molecular flexibility index (Phi) is 4.59. The van der Waals surface area contributed by atoms with Crippen molar-refractivity contribution in [2.24, 2.45) is 4.40 Å². The van der Waals surface area contributed by atoms with E-state index in [0.29, 0.717) is 17.9 Å². The van der Waals surface area contributed by atoms with Crippen LogP contribution in [-0.4, -0.2) is 38.7 Å². The van der Waals surface area contributed by atoms with Crippen LogP contribution < -0.4 is 5.32 Å². The molecule has 6 nitrogen and oxygen atoms in total. The Labute approximate surface area is 147 Å². The molecule has 130 valence electrons. The lowest BCUT2D eigenvalue weighted by Crippen LogP contribution is -2.38. The van der Waals surface area contributed by atoms with Gasteiger partial charge in [0.15, 0.2) is 5.84 Å². The number of aryl methyl sites for hydroxylation is 1. The highest BCUT2D eigenvalue weighted by Crippen LogP contribution is 2.26. The number of rotatable bonds is 4. The van der Waals surface area contributed by atoms with Crippen LogP contribution in [0.1, 0.15) is 16.7 Å². The molecule has 2 aromatic rings. The van der Waals surface area contributed by atoms with Gasteiger partial charge in [0.1, 0.15) is 4.90 Å². The van der Waals surface area contributed by atoms with Crippen molar-refractivity contribution in [3.8, 4) is 0 Å². The Hall–Kier alpha value is -2.67. The van der Waals surface area contributed by atoms with E-state index in [4.69, 9.17) is 0 Å². The molecule has 1 heterocycles. The fourth-order valence-electron chi connectivity index (χ4n) is 2.71. The second-order valence-corrected chi connectivity index (χ2v) is 7.52. The molecule has 0 saturated heterocycles. The SMILES string of the molecule is Cc1ccccc1CNC(=O)CN(C)C1=NS(=O)(=O)c2ccccc21. The van der Waals surface area contributed by atoms with Crippen molar-refractivity contribution in [3.63, 3.8) is 0 Å². The zero-order chi connectivity index (χ0) is 18.0. The molecular formula is C18H19N3O3S. The number of amidine groups is 1. The van der Waals surface area contributed by atoms with Gasteiger partial charge in [-0.1, -0.05) is 36.4 Å². The molecule has 1 aliphatic rings. The highest BCUT2D eigenvalue weighted by atomic mass is 32.2. The fraction of sp³-hybridized carbons (Fsp3) is 0.222. The molecule has 0 unspecified atom stereocenters. The normalized spacial score (nSPS) is 14.6. The van der Waals surface area contributed by atoms with Crippen LogP contribution in [0.5, 0.6) is 0 Å². The molecular weight excluding hydrogens is 338 g/mol. The van der Waals surface area contributed by atoms with Gasteiger partial charge >= 0.3 is 0 Å². The lowest BCUT2D eigenvalue weighted by atomic mass is 10.1. The van der Waals surface area contributed by atoms with E-state index in [1.807, 2.05) is 31.2 Å². The smallest absolute Gasteiger partial charge is 0.285 e. The molecule has 0 atom stereocenters. The summed E-state index contributed by atoms with van der Waals surface area (Å²) in [7, 11) is -2.03. The van der Waals surface area contributed by atoms with E-state index >= 15 is 0 Å². The highest BCUT2D eigenvalue weighted by molar-refractivity contribution is 7.90. The van der Waals surface area contributed by atoms with Crippen molar-refractivity contribution in [1.29, 1.82) is 0 Å². The molecule has 0 aliphatic carbocycles. The number of likely N-dealkylation sites (N-methyl/N-ethyl adjacent to an activating group) is 1. The van der Waals surface area contributed by atoms with Gasteiger partial charge in [-0.3, -0.25) is 4.79 Å². The van der Waals surface area contributed by atoms with Crippen molar-refractivity contribution in [3.05, 3.63) is 65.2 Å². The minimum Gasteiger partial charge on any atom is -0.350 e. The largest absolute Gasteiger partial charge is 0.350 e. The molecule has 7 heteroatoms. The molecule has 0 fully saturated rings. The first-order chi connectivity index (χ1) is 11.9. The second-order valence-electron chi connectivity index (χ2n) is 5.95. The van der Waals surface area contributed by atoms with Crippen LogP contribution in [0, 0.1) is 6.92 Å².